The number of para-hydroxylation sites is 1. The first kappa shape index (κ1) is 16.4. The van der Waals surface area contributed by atoms with Crippen molar-refractivity contribution >= 4 is 5.71 Å². The second-order valence-corrected chi connectivity index (χ2v) is 6.11. The lowest BCUT2D eigenvalue weighted by atomic mass is 9.99. The van der Waals surface area contributed by atoms with E-state index >= 15 is 0 Å². The van der Waals surface area contributed by atoms with E-state index in [0.29, 0.717) is 31.0 Å². The van der Waals surface area contributed by atoms with Gasteiger partial charge in [0.25, 0.3) is 0 Å². The van der Waals surface area contributed by atoms with E-state index < -0.39 is 5.60 Å². The van der Waals surface area contributed by atoms with Crippen LogP contribution in [0.5, 0.6) is 5.75 Å². The number of oxime groups is 1. The van der Waals surface area contributed by atoms with Gasteiger partial charge in [-0.3, -0.25) is 0 Å². The molecule has 0 aliphatic carbocycles. The summed E-state index contributed by atoms with van der Waals surface area (Å²) in [6.07, 6.45) is 1.20. The van der Waals surface area contributed by atoms with Gasteiger partial charge in [-0.1, -0.05) is 23.4 Å². The van der Waals surface area contributed by atoms with Crippen LogP contribution < -0.4 is 4.74 Å². The van der Waals surface area contributed by atoms with Crippen LogP contribution in [0.2, 0.25) is 0 Å². The number of ether oxygens (including phenoxy) is 1. The molecule has 1 aliphatic heterocycles. The number of hydrogen-bond donors (Lipinski definition) is 1. The minimum Gasteiger partial charge on any atom is -0.496 e. The van der Waals surface area contributed by atoms with Gasteiger partial charge in [0.15, 0.2) is 17.2 Å². The molecule has 0 bridgehead atoms. The lowest BCUT2D eigenvalue weighted by molar-refractivity contribution is -0.0183. The third-order valence-electron chi connectivity index (χ3n) is 4.04. The van der Waals surface area contributed by atoms with Gasteiger partial charge in [0, 0.05) is 18.4 Å². The van der Waals surface area contributed by atoms with Crippen molar-refractivity contribution < 1.29 is 14.7 Å². The lowest BCUT2D eigenvalue weighted by Crippen LogP contribution is -2.27. The highest BCUT2D eigenvalue weighted by Gasteiger charge is 2.40. The fourth-order valence-corrected chi connectivity index (χ4v) is 2.98. The van der Waals surface area contributed by atoms with Crippen LogP contribution >= 0.6 is 0 Å². The minimum atomic E-state index is -0.648. The molecule has 0 amide bonds. The molecule has 0 fully saturated rings. The molecule has 0 saturated heterocycles. The normalized spacial score (nSPS) is 19.9. The van der Waals surface area contributed by atoms with Crippen molar-refractivity contribution in [3.05, 3.63) is 41.5 Å². The standard InChI is InChI=1S/C17H22N4O3/c1-12-11-17(2,24-20-12)16-18-15(19-21(16)8-9-22)10-13-6-4-5-7-14(13)23-3/h4-7,22H,8-11H2,1-3H3. The zero-order valence-electron chi connectivity index (χ0n) is 14.2. The molecule has 1 aliphatic rings. The summed E-state index contributed by atoms with van der Waals surface area (Å²) in [6.45, 7) is 4.22. The molecule has 1 N–H and O–H groups in total. The van der Waals surface area contributed by atoms with Crippen molar-refractivity contribution in [1.29, 1.82) is 0 Å². The van der Waals surface area contributed by atoms with E-state index in [0.717, 1.165) is 17.0 Å². The molecule has 128 valence electrons. The summed E-state index contributed by atoms with van der Waals surface area (Å²) in [5, 5.41) is 17.9. The molecule has 1 aromatic heterocycles. The first-order valence-electron chi connectivity index (χ1n) is 7.94. The summed E-state index contributed by atoms with van der Waals surface area (Å²) in [7, 11) is 1.65. The fourth-order valence-electron chi connectivity index (χ4n) is 2.98. The summed E-state index contributed by atoms with van der Waals surface area (Å²) in [4.78, 5) is 10.3. The zero-order chi connectivity index (χ0) is 17.2. The first-order valence-corrected chi connectivity index (χ1v) is 7.94. The van der Waals surface area contributed by atoms with Crippen molar-refractivity contribution in [3.63, 3.8) is 0 Å². The van der Waals surface area contributed by atoms with Gasteiger partial charge in [0.2, 0.25) is 0 Å². The largest absolute Gasteiger partial charge is 0.496 e. The molecular weight excluding hydrogens is 308 g/mol. The summed E-state index contributed by atoms with van der Waals surface area (Å²) in [5.41, 5.74) is 1.28. The molecule has 1 unspecified atom stereocenters. The molecule has 2 heterocycles. The molecule has 3 rings (SSSR count). The molecule has 1 aromatic carbocycles. The van der Waals surface area contributed by atoms with Gasteiger partial charge in [-0.05, 0) is 19.9 Å². The molecule has 2 aromatic rings. The number of rotatable bonds is 6. The Balaban J connectivity index is 1.92. The van der Waals surface area contributed by atoms with Gasteiger partial charge in [-0.25, -0.2) is 9.67 Å². The summed E-state index contributed by atoms with van der Waals surface area (Å²) in [6, 6.07) is 7.80. The maximum absolute atomic E-state index is 9.33. The van der Waals surface area contributed by atoms with Crippen LogP contribution in [0.1, 0.15) is 37.5 Å². The Morgan fingerprint density at radius 2 is 2.17 bits per heavy atom. The smallest absolute Gasteiger partial charge is 0.198 e. The van der Waals surface area contributed by atoms with E-state index in [9.17, 15) is 5.11 Å². The predicted molar refractivity (Wildman–Crippen MR) is 89.1 cm³/mol. The van der Waals surface area contributed by atoms with Crippen LogP contribution in [0, 0.1) is 0 Å². The number of aliphatic hydroxyl groups excluding tert-OH is 1. The highest BCUT2D eigenvalue weighted by molar-refractivity contribution is 5.83. The minimum absolute atomic E-state index is 0.0135. The number of methoxy groups -OCH3 is 1. The highest BCUT2D eigenvalue weighted by atomic mass is 16.7. The zero-order valence-corrected chi connectivity index (χ0v) is 14.2. The van der Waals surface area contributed by atoms with E-state index in [1.807, 2.05) is 38.1 Å². The Morgan fingerprint density at radius 3 is 2.83 bits per heavy atom. The Bertz CT molecular complexity index is 756. The molecule has 0 spiro atoms. The van der Waals surface area contributed by atoms with Gasteiger partial charge in [-0.2, -0.15) is 5.10 Å². The topological polar surface area (TPSA) is 81.8 Å². The number of hydrogen-bond acceptors (Lipinski definition) is 6. The van der Waals surface area contributed by atoms with E-state index in [1.165, 1.54) is 0 Å². The molecule has 24 heavy (non-hydrogen) atoms. The Morgan fingerprint density at radius 1 is 1.38 bits per heavy atom. The van der Waals surface area contributed by atoms with Crippen LogP contribution in [0.4, 0.5) is 0 Å². The molecule has 1 atom stereocenters. The summed E-state index contributed by atoms with van der Waals surface area (Å²) in [5.74, 6) is 2.15. The maximum atomic E-state index is 9.33. The van der Waals surface area contributed by atoms with E-state index in [2.05, 4.69) is 15.2 Å². The van der Waals surface area contributed by atoms with Crippen LogP contribution in [0.25, 0.3) is 0 Å². The Kier molecular flexibility index (Phi) is 4.53. The second kappa shape index (κ2) is 6.60. The Hall–Kier alpha value is -2.41. The van der Waals surface area contributed by atoms with Crippen molar-refractivity contribution in [2.45, 2.75) is 38.8 Å². The highest BCUT2D eigenvalue weighted by Crippen LogP contribution is 2.33. The number of aromatic nitrogens is 3. The van der Waals surface area contributed by atoms with E-state index in [4.69, 9.17) is 9.57 Å². The predicted octanol–water partition coefficient (Wildman–Crippen LogP) is 1.88. The second-order valence-electron chi connectivity index (χ2n) is 6.11. The van der Waals surface area contributed by atoms with Gasteiger partial charge in [0.05, 0.1) is 26.0 Å². The third kappa shape index (κ3) is 3.12. The molecular formula is C17H22N4O3. The summed E-state index contributed by atoms with van der Waals surface area (Å²) >= 11 is 0. The Labute approximate surface area is 140 Å². The first-order chi connectivity index (χ1) is 11.6. The van der Waals surface area contributed by atoms with Gasteiger partial charge in [0.1, 0.15) is 5.75 Å². The molecule has 0 saturated carbocycles. The fraction of sp³-hybridized carbons (Fsp3) is 0.471. The third-order valence-corrected chi connectivity index (χ3v) is 4.04. The van der Waals surface area contributed by atoms with Crippen molar-refractivity contribution in [3.8, 4) is 5.75 Å². The average molecular weight is 330 g/mol. The van der Waals surface area contributed by atoms with Crippen molar-refractivity contribution in [2.75, 3.05) is 13.7 Å². The van der Waals surface area contributed by atoms with Crippen LogP contribution in [0.15, 0.2) is 29.4 Å². The monoisotopic (exact) mass is 330 g/mol. The van der Waals surface area contributed by atoms with Crippen LogP contribution in [-0.2, 0) is 23.4 Å². The van der Waals surface area contributed by atoms with Crippen LogP contribution in [-0.4, -0.2) is 39.3 Å². The SMILES string of the molecule is COc1ccccc1Cc1nc(C2(C)CC(C)=NO2)n(CCO)n1. The van der Waals surface area contributed by atoms with Gasteiger partial charge in [-0.15, -0.1) is 0 Å². The van der Waals surface area contributed by atoms with Crippen molar-refractivity contribution in [1.82, 2.24) is 14.8 Å². The molecule has 7 heteroatoms. The maximum Gasteiger partial charge on any atom is 0.198 e. The van der Waals surface area contributed by atoms with E-state index in [-0.39, 0.29) is 6.61 Å². The summed E-state index contributed by atoms with van der Waals surface area (Å²) < 4.78 is 7.10. The van der Waals surface area contributed by atoms with E-state index in [1.54, 1.807) is 11.8 Å². The molecule has 0 radical (unpaired) electrons. The average Bonchev–Trinajstić information content (AvgIpc) is 3.13. The number of aliphatic hydroxyl groups is 1. The lowest BCUT2D eigenvalue weighted by Gasteiger charge is -2.20. The number of benzene rings is 1. The van der Waals surface area contributed by atoms with Crippen molar-refractivity contribution in [2.24, 2.45) is 5.16 Å². The van der Waals surface area contributed by atoms with Crippen LogP contribution in [0.3, 0.4) is 0 Å². The van der Waals surface area contributed by atoms with Gasteiger partial charge >= 0.3 is 0 Å². The number of nitrogens with zero attached hydrogens (tertiary/aromatic N) is 4. The van der Waals surface area contributed by atoms with Gasteiger partial charge < -0.3 is 14.7 Å². The molecule has 7 nitrogen and oxygen atoms in total. The quantitative estimate of drug-likeness (QED) is 0.874.